The minimum atomic E-state index is -4.14. The van der Waals surface area contributed by atoms with Crippen molar-refractivity contribution in [3.8, 4) is 0 Å². The van der Waals surface area contributed by atoms with Crippen molar-refractivity contribution in [1.82, 2.24) is 9.88 Å². The lowest BCUT2D eigenvalue weighted by Gasteiger charge is -2.36. The number of aromatic nitrogens is 1. The Morgan fingerprint density at radius 3 is 2.42 bits per heavy atom. The molecule has 4 nitrogen and oxygen atoms in total. The lowest BCUT2D eigenvalue weighted by atomic mass is 10.3. The number of nitrogens with two attached hydrogens (primary N) is 1. The van der Waals surface area contributed by atoms with E-state index in [4.69, 9.17) is 5.73 Å². The van der Waals surface area contributed by atoms with Crippen LogP contribution in [0.4, 0.5) is 24.7 Å². The molecule has 0 bridgehead atoms. The molecule has 0 radical (unpaired) electrons. The Labute approximate surface area is 117 Å². The number of piperazine rings is 1. The number of nitrogen functional groups attached to an aromatic ring is 1. The number of anilines is 2. The van der Waals surface area contributed by atoms with Crippen LogP contribution >= 0.6 is 15.9 Å². The molecule has 2 rings (SSSR count). The zero-order chi connectivity index (χ0) is 14.0. The summed E-state index contributed by atoms with van der Waals surface area (Å²) in [5, 5.41) is 0. The van der Waals surface area contributed by atoms with Crippen LogP contribution in [0.25, 0.3) is 0 Å². The molecule has 0 amide bonds. The highest BCUT2D eigenvalue weighted by atomic mass is 79.9. The molecule has 0 spiro atoms. The average molecular weight is 339 g/mol. The number of nitrogens with zero attached hydrogens (tertiary/aromatic N) is 3. The van der Waals surface area contributed by atoms with E-state index in [0.29, 0.717) is 31.9 Å². The van der Waals surface area contributed by atoms with Crippen LogP contribution in [0, 0.1) is 0 Å². The second-order valence-electron chi connectivity index (χ2n) is 4.45. The Balaban J connectivity index is 1.96. The average Bonchev–Trinajstić information content (AvgIpc) is 2.28. The van der Waals surface area contributed by atoms with Crippen molar-refractivity contribution in [3.63, 3.8) is 0 Å². The quantitative estimate of drug-likeness (QED) is 0.897. The molecule has 0 saturated carbocycles. The largest absolute Gasteiger partial charge is 0.401 e. The molecule has 1 aromatic rings. The maximum absolute atomic E-state index is 12.3. The van der Waals surface area contributed by atoms with Gasteiger partial charge in [-0.25, -0.2) is 4.98 Å². The monoisotopic (exact) mass is 338 g/mol. The van der Waals surface area contributed by atoms with Gasteiger partial charge in [0.2, 0.25) is 0 Å². The van der Waals surface area contributed by atoms with Crippen LogP contribution in [0.3, 0.4) is 0 Å². The second-order valence-corrected chi connectivity index (χ2v) is 5.31. The number of hydrogen-bond donors (Lipinski definition) is 1. The third-order valence-electron chi connectivity index (χ3n) is 2.92. The van der Waals surface area contributed by atoms with Crippen LogP contribution in [0.2, 0.25) is 0 Å². The highest BCUT2D eigenvalue weighted by Gasteiger charge is 2.32. The summed E-state index contributed by atoms with van der Waals surface area (Å²) in [5.74, 6) is 0.723. The van der Waals surface area contributed by atoms with Crippen molar-refractivity contribution >= 4 is 27.4 Å². The Kier molecular flexibility index (Phi) is 4.19. The molecule has 1 aliphatic rings. The van der Waals surface area contributed by atoms with Gasteiger partial charge >= 0.3 is 6.18 Å². The van der Waals surface area contributed by atoms with Gasteiger partial charge in [0.05, 0.1) is 22.9 Å². The summed E-state index contributed by atoms with van der Waals surface area (Å²) >= 11 is 3.37. The SMILES string of the molecule is Nc1cnc(N2CCN(CC(F)(F)F)CC2)c(Br)c1. The molecule has 1 saturated heterocycles. The van der Waals surface area contributed by atoms with E-state index >= 15 is 0 Å². The van der Waals surface area contributed by atoms with Crippen LogP contribution in [-0.4, -0.2) is 48.8 Å². The van der Waals surface area contributed by atoms with E-state index in [0.717, 1.165) is 10.3 Å². The summed E-state index contributed by atoms with van der Waals surface area (Å²) in [7, 11) is 0. The first kappa shape index (κ1) is 14.4. The first-order chi connectivity index (χ1) is 8.85. The summed E-state index contributed by atoms with van der Waals surface area (Å²) in [6.07, 6.45) is -2.59. The number of halogens is 4. The van der Waals surface area contributed by atoms with Crippen LogP contribution in [0.5, 0.6) is 0 Å². The van der Waals surface area contributed by atoms with Crippen molar-refractivity contribution in [2.45, 2.75) is 6.18 Å². The predicted octanol–water partition coefficient (Wildman–Crippen LogP) is 2.11. The van der Waals surface area contributed by atoms with Gasteiger partial charge < -0.3 is 10.6 Å². The van der Waals surface area contributed by atoms with E-state index in [2.05, 4.69) is 20.9 Å². The Morgan fingerprint density at radius 1 is 1.26 bits per heavy atom. The number of pyridine rings is 1. The molecular weight excluding hydrogens is 325 g/mol. The van der Waals surface area contributed by atoms with Gasteiger partial charge in [0.25, 0.3) is 0 Å². The third kappa shape index (κ3) is 3.97. The van der Waals surface area contributed by atoms with Crippen molar-refractivity contribution in [2.24, 2.45) is 0 Å². The summed E-state index contributed by atoms with van der Waals surface area (Å²) in [6, 6.07) is 1.74. The molecular formula is C11H14BrF3N4. The third-order valence-corrected chi connectivity index (χ3v) is 3.50. The van der Waals surface area contributed by atoms with Crippen molar-refractivity contribution in [2.75, 3.05) is 43.4 Å². The van der Waals surface area contributed by atoms with Crippen LogP contribution in [0.1, 0.15) is 0 Å². The molecule has 0 aromatic carbocycles. The lowest BCUT2D eigenvalue weighted by molar-refractivity contribution is -0.146. The zero-order valence-electron chi connectivity index (χ0n) is 10.1. The van der Waals surface area contributed by atoms with E-state index in [1.807, 2.05) is 4.90 Å². The van der Waals surface area contributed by atoms with Gasteiger partial charge in [-0.05, 0) is 22.0 Å². The van der Waals surface area contributed by atoms with Crippen molar-refractivity contribution in [3.05, 3.63) is 16.7 Å². The molecule has 2 N–H and O–H groups in total. The summed E-state index contributed by atoms with van der Waals surface area (Å²) in [6.45, 7) is 0.935. The topological polar surface area (TPSA) is 45.4 Å². The van der Waals surface area contributed by atoms with Gasteiger partial charge in [-0.1, -0.05) is 0 Å². The first-order valence-corrected chi connectivity index (χ1v) is 6.59. The molecule has 1 aliphatic heterocycles. The summed E-state index contributed by atoms with van der Waals surface area (Å²) in [5.41, 5.74) is 6.15. The van der Waals surface area contributed by atoms with Gasteiger partial charge in [-0.15, -0.1) is 0 Å². The highest BCUT2D eigenvalue weighted by Crippen LogP contribution is 2.26. The minimum Gasteiger partial charge on any atom is -0.397 e. The fourth-order valence-electron chi connectivity index (χ4n) is 2.05. The Morgan fingerprint density at radius 2 is 1.89 bits per heavy atom. The fraction of sp³-hybridized carbons (Fsp3) is 0.545. The molecule has 0 unspecified atom stereocenters. The minimum absolute atomic E-state index is 0.373. The standard InChI is InChI=1S/C11H14BrF3N4/c12-9-5-8(16)6-17-10(9)19-3-1-18(2-4-19)7-11(13,14)15/h5-6H,1-4,7,16H2. The molecule has 106 valence electrons. The number of alkyl halides is 3. The number of hydrogen-bond acceptors (Lipinski definition) is 4. The van der Waals surface area contributed by atoms with E-state index in [9.17, 15) is 13.2 Å². The predicted molar refractivity (Wildman–Crippen MR) is 71.1 cm³/mol. The van der Waals surface area contributed by atoms with Crippen molar-refractivity contribution < 1.29 is 13.2 Å². The molecule has 19 heavy (non-hydrogen) atoms. The second kappa shape index (κ2) is 5.54. The Hall–Kier alpha value is -1.02. The van der Waals surface area contributed by atoms with Crippen LogP contribution < -0.4 is 10.6 Å². The summed E-state index contributed by atoms with van der Waals surface area (Å²) < 4.78 is 37.6. The maximum atomic E-state index is 12.3. The van der Waals surface area contributed by atoms with E-state index in [1.54, 1.807) is 12.3 Å². The van der Waals surface area contributed by atoms with Gasteiger partial charge in [-0.3, -0.25) is 4.90 Å². The van der Waals surface area contributed by atoms with Gasteiger partial charge in [0.1, 0.15) is 5.82 Å². The molecule has 0 aliphatic carbocycles. The highest BCUT2D eigenvalue weighted by molar-refractivity contribution is 9.10. The number of rotatable bonds is 2. The van der Waals surface area contributed by atoms with Gasteiger partial charge in [0, 0.05) is 26.2 Å². The zero-order valence-corrected chi connectivity index (χ0v) is 11.7. The van der Waals surface area contributed by atoms with E-state index in [1.165, 1.54) is 4.90 Å². The van der Waals surface area contributed by atoms with Crippen LogP contribution in [0.15, 0.2) is 16.7 Å². The molecule has 2 heterocycles. The van der Waals surface area contributed by atoms with Gasteiger partial charge in [-0.2, -0.15) is 13.2 Å². The van der Waals surface area contributed by atoms with Crippen LogP contribution in [-0.2, 0) is 0 Å². The molecule has 8 heteroatoms. The molecule has 0 atom stereocenters. The van der Waals surface area contributed by atoms with E-state index < -0.39 is 12.7 Å². The van der Waals surface area contributed by atoms with Crippen molar-refractivity contribution in [1.29, 1.82) is 0 Å². The lowest BCUT2D eigenvalue weighted by Crippen LogP contribution is -2.49. The fourth-order valence-corrected chi connectivity index (χ4v) is 2.67. The Bertz CT molecular complexity index is 444. The maximum Gasteiger partial charge on any atom is 0.401 e. The van der Waals surface area contributed by atoms with Gasteiger partial charge in [0.15, 0.2) is 0 Å². The molecule has 1 aromatic heterocycles. The molecule has 1 fully saturated rings. The van der Waals surface area contributed by atoms with E-state index in [-0.39, 0.29) is 0 Å². The smallest absolute Gasteiger partial charge is 0.397 e. The first-order valence-electron chi connectivity index (χ1n) is 5.80. The summed E-state index contributed by atoms with van der Waals surface area (Å²) in [4.78, 5) is 7.57. The normalized spacial score (nSPS) is 17.8.